The molecule has 272 valence electrons. The summed E-state index contributed by atoms with van der Waals surface area (Å²) in [6, 6.07) is 12.5. The number of phenolic OH excluding ortho intramolecular Hbond substituents is 8. The number of carboxylic acid groups (broad SMARTS) is 2. The Hall–Kier alpha value is -7.10. The molecule has 0 fully saturated rings. The summed E-state index contributed by atoms with van der Waals surface area (Å²) in [6.45, 7) is 0. The van der Waals surface area contributed by atoms with Crippen molar-refractivity contribution >= 4 is 30.0 Å². The van der Waals surface area contributed by atoms with E-state index in [2.05, 4.69) is 0 Å². The summed E-state index contributed by atoms with van der Waals surface area (Å²) in [6.07, 6.45) is -3.50. The van der Waals surface area contributed by atoms with Crippen molar-refractivity contribution in [2.24, 2.45) is 0 Å². The van der Waals surface area contributed by atoms with E-state index >= 15 is 0 Å². The van der Waals surface area contributed by atoms with Crippen molar-refractivity contribution in [3.05, 3.63) is 101 Å². The fourth-order valence-electron chi connectivity index (χ4n) is 5.13. The summed E-state index contributed by atoms with van der Waals surface area (Å²) in [5.41, 5.74) is 0.389. The molecule has 4 rings (SSSR count). The SMILES string of the molecule is O=C(C=Cc1ccc(O)c(O)c1)O[C@H](Cc1cc(O)c(O)cc1[C@@H](CC(=O)O[C@H](Cc1ccc(O)c(O)c1)C(=O)O)c1ccc(O)c(O)c1)C(=O)O. The van der Waals surface area contributed by atoms with Crippen LogP contribution in [-0.2, 0) is 41.5 Å². The standard InChI is InChI=1S/C36H32O16/c37-23-5-1-17(9-26(23)40)3-8-33(45)51-32(36(49)50)14-20-13-29(43)30(44)15-21(20)22(19-4-7-25(39)28(42)12-19)16-34(46)52-31(35(47)48)11-18-2-6-24(38)27(41)10-18/h1-10,12-13,15,22,31-32,37-44H,11,14,16H2,(H,47,48)(H,49,50)/t22-,31+,32+/m0/s1. The molecule has 3 atom stereocenters. The Morgan fingerprint density at radius 3 is 1.71 bits per heavy atom. The number of hydrogen-bond acceptors (Lipinski definition) is 14. The Kier molecular flexibility index (Phi) is 11.7. The quantitative estimate of drug-likeness (QED) is 0.0508. The lowest BCUT2D eigenvalue weighted by molar-refractivity contribution is -0.164. The van der Waals surface area contributed by atoms with Crippen molar-refractivity contribution in [1.82, 2.24) is 0 Å². The predicted molar refractivity (Wildman–Crippen MR) is 177 cm³/mol. The van der Waals surface area contributed by atoms with Crippen LogP contribution in [0.15, 0.2) is 72.8 Å². The molecule has 52 heavy (non-hydrogen) atoms. The van der Waals surface area contributed by atoms with E-state index in [1.54, 1.807) is 0 Å². The van der Waals surface area contributed by atoms with Gasteiger partial charge in [-0.15, -0.1) is 0 Å². The first-order chi connectivity index (χ1) is 24.5. The topological polar surface area (TPSA) is 289 Å². The van der Waals surface area contributed by atoms with Gasteiger partial charge in [0.25, 0.3) is 0 Å². The van der Waals surface area contributed by atoms with Crippen LogP contribution in [0.5, 0.6) is 46.0 Å². The van der Waals surface area contributed by atoms with Gasteiger partial charge in [0, 0.05) is 24.8 Å². The molecule has 0 aromatic heterocycles. The van der Waals surface area contributed by atoms with Crippen molar-refractivity contribution < 1.29 is 79.7 Å². The minimum absolute atomic E-state index is 0.0509. The van der Waals surface area contributed by atoms with Crippen molar-refractivity contribution in [2.45, 2.75) is 37.4 Å². The largest absolute Gasteiger partial charge is 0.504 e. The van der Waals surface area contributed by atoms with Gasteiger partial charge in [0.1, 0.15) is 0 Å². The van der Waals surface area contributed by atoms with Crippen molar-refractivity contribution in [3.8, 4) is 46.0 Å². The average Bonchev–Trinajstić information content (AvgIpc) is 3.08. The van der Waals surface area contributed by atoms with Gasteiger partial charge in [0.05, 0.1) is 6.42 Å². The Morgan fingerprint density at radius 2 is 1.12 bits per heavy atom. The highest BCUT2D eigenvalue weighted by molar-refractivity contribution is 5.89. The fraction of sp³-hybridized carbons (Fsp3) is 0.167. The molecule has 0 aliphatic carbocycles. The molecule has 0 heterocycles. The molecule has 0 saturated carbocycles. The second-order valence-electron chi connectivity index (χ2n) is 11.4. The highest BCUT2D eigenvalue weighted by Gasteiger charge is 2.31. The van der Waals surface area contributed by atoms with Gasteiger partial charge in [-0.2, -0.15) is 0 Å². The van der Waals surface area contributed by atoms with Gasteiger partial charge < -0.3 is 60.5 Å². The number of aliphatic carboxylic acids is 2. The average molecular weight is 721 g/mol. The highest BCUT2D eigenvalue weighted by Crippen LogP contribution is 2.40. The first-order valence-corrected chi connectivity index (χ1v) is 15.2. The lowest BCUT2D eigenvalue weighted by Crippen LogP contribution is -2.30. The second kappa shape index (κ2) is 16.1. The molecule has 16 nitrogen and oxygen atoms in total. The summed E-state index contributed by atoms with van der Waals surface area (Å²) < 4.78 is 10.4. The maximum atomic E-state index is 13.3. The molecule has 10 N–H and O–H groups in total. The third-order valence-electron chi connectivity index (χ3n) is 7.74. The summed E-state index contributed by atoms with van der Waals surface area (Å²) in [5.74, 6) is -11.3. The van der Waals surface area contributed by atoms with Crippen molar-refractivity contribution in [1.29, 1.82) is 0 Å². The highest BCUT2D eigenvalue weighted by atomic mass is 16.6. The van der Waals surface area contributed by atoms with Crippen LogP contribution < -0.4 is 0 Å². The monoisotopic (exact) mass is 720 g/mol. The maximum absolute atomic E-state index is 13.3. The van der Waals surface area contributed by atoms with Gasteiger partial charge in [-0.25, -0.2) is 14.4 Å². The number of carbonyl (C=O) groups is 4. The molecular formula is C36H32O16. The number of benzene rings is 4. The Balaban J connectivity index is 1.67. The molecule has 0 saturated heterocycles. The van der Waals surface area contributed by atoms with Crippen LogP contribution in [0.3, 0.4) is 0 Å². The van der Waals surface area contributed by atoms with Crippen LogP contribution in [0.1, 0.15) is 40.2 Å². The van der Waals surface area contributed by atoms with Crippen LogP contribution in [0.2, 0.25) is 0 Å². The Morgan fingerprint density at radius 1 is 0.577 bits per heavy atom. The molecule has 0 unspecified atom stereocenters. The smallest absolute Gasteiger partial charge is 0.345 e. The van der Waals surface area contributed by atoms with Crippen LogP contribution in [0, 0.1) is 0 Å². The summed E-state index contributed by atoms with van der Waals surface area (Å²) in [5, 5.41) is 99.2. The molecule has 0 radical (unpaired) electrons. The van der Waals surface area contributed by atoms with Gasteiger partial charge in [0.15, 0.2) is 46.0 Å². The number of carboxylic acids is 2. The van der Waals surface area contributed by atoms with Gasteiger partial charge in [0.2, 0.25) is 12.2 Å². The molecule has 0 aliphatic rings. The zero-order valence-electron chi connectivity index (χ0n) is 26.8. The number of aromatic hydroxyl groups is 8. The van der Waals surface area contributed by atoms with E-state index < -0.39 is 107 Å². The van der Waals surface area contributed by atoms with Crippen LogP contribution in [0.25, 0.3) is 6.08 Å². The third-order valence-corrected chi connectivity index (χ3v) is 7.74. The number of hydrogen-bond donors (Lipinski definition) is 10. The van der Waals surface area contributed by atoms with Crippen molar-refractivity contribution in [3.63, 3.8) is 0 Å². The van der Waals surface area contributed by atoms with Gasteiger partial charge in [-0.3, -0.25) is 4.79 Å². The zero-order valence-corrected chi connectivity index (χ0v) is 26.8. The Bertz CT molecular complexity index is 2040. The number of rotatable bonds is 14. The number of phenols is 8. The normalized spacial score (nSPS) is 12.8. The molecule has 16 heteroatoms. The molecule has 0 spiro atoms. The third kappa shape index (κ3) is 9.53. The van der Waals surface area contributed by atoms with Gasteiger partial charge in [-0.1, -0.05) is 18.2 Å². The fourth-order valence-corrected chi connectivity index (χ4v) is 5.13. The van der Waals surface area contributed by atoms with E-state index in [4.69, 9.17) is 9.47 Å². The van der Waals surface area contributed by atoms with Crippen LogP contribution in [-0.4, -0.2) is 87.2 Å². The lowest BCUT2D eigenvalue weighted by atomic mass is 9.83. The van der Waals surface area contributed by atoms with E-state index in [9.17, 15) is 70.2 Å². The van der Waals surface area contributed by atoms with E-state index in [-0.39, 0.29) is 27.8 Å². The summed E-state index contributed by atoms with van der Waals surface area (Å²) in [4.78, 5) is 50.2. The first kappa shape index (κ1) is 37.7. The Labute approximate surface area is 293 Å². The predicted octanol–water partition coefficient (Wildman–Crippen LogP) is 3.34. The zero-order chi connectivity index (χ0) is 38.3. The summed E-state index contributed by atoms with van der Waals surface area (Å²) >= 11 is 0. The van der Waals surface area contributed by atoms with E-state index in [1.807, 2.05) is 0 Å². The molecule has 0 bridgehead atoms. The molecule has 0 amide bonds. The second-order valence-corrected chi connectivity index (χ2v) is 11.4. The number of esters is 2. The molecule has 4 aromatic carbocycles. The van der Waals surface area contributed by atoms with E-state index in [0.717, 1.165) is 54.6 Å². The van der Waals surface area contributed by atoms with Crippen LogP contribution >= 0.6 is 0 Å². The van der Waals surface area contributed by atoms with Crippen LogP contribution in [0.4, 0.5) is 0 Å². The van der Waals surface area contributed by atoms with E-state index in [1.165, 1.54) is 24.3 Å². The summed E-state index contributed by atoms with van der Waals surface area (Å²) in [7, 11) is 0. The van der Waals surface area contributed by atoms with Gasteiger partial charge >= 0.3 is 23.9 Å². The first-order valence-electron chi connectivity index (χ1n) is 15.2. The number of ether oxygens (including phenoxy) is 2. The number of carbonyl (C=O) groups excluding carboxylic acids is 2. The van der Waals surface area contributed by atoms with Crippen molar-refractivity contribution in [2.75, 3.05) is 0 Å². The minimum atomic E-state index is -1.92. The van der Waals surface area contributed by atoms with Gasteiger partial charge in [-0.05, 0) is 82.4 Å². The minimum Gasteiger partial charge on any atom is -0.504 e. The molecule has 0 aliphatic heterocycles. The van der Waals surface area contributed by atoms with E-state index in [0.29, 0.717) is 0 Å². The maximum Gasteiger partial charge on any atom is 0.345 e. The molecule has 4 aromatic rings. The lowest BCUT2D eigenvalue weighted by Gasteiger charge is -2.24. The molecular weight excluding hydrogens is 688 g/mol.